The number of nitrogens with two attached hydrogens (primary N) is 1. The number of alkyl halides is 3. The lowest BCUT2D eigenvalue weighted by atomic mass is 9.93. The zero-order valence-corrected chi connectivity index (χ0v) is 18.3. The fraction of sp³-hybridized carbons (Fsp3) is 0.318. The maximum Gasteiger partial charge on any atom is 0.416 e. The van der Waals surface area contributed by atoms with Crippen LogP contribution in [-0.4, -0.2) is 35.5 Å². The highest BCUT2D eigenvalue weighted by molar-refractivity contribution is 7.18. The maximum atomic E-state index is 12.8. The molecule has 1 aliphatic rings. The second kappa shape index (κ2) is 8.51. The third kappa shape index (κ3) is 4.61. The van der Waals surface area contributed by atoms with Crippen LogP contribution >= 0.6 is 11.3 Å². The number of fused-ring (bicyclic) bond motifs is 1. The van der Waals surface area contributed by atoms with Crippen LogP contribution in [0, 0.1) is 0 Å². The van der Waals surface area contributed by atoms with E-state index in [1.807, 2.05) is 24.9 Å². The Morgan fingerprint density at radius 3 is 2.62 bits per heavy atom. The van der Waals surface area contributed by atoms with Crippen LogP contribution in [0.3, 0.4) is 0 Å². The minimum atomic E-state index is -4.35. The second-order valence-corrected chi connectivity index (χ2v) is 8.93. The zero-order valence-electron chi connectivity index (χ0n) is 17.5. The molecule has 0 saturated heterocycles. The van der Waals surface area contributed by atoms with E-state index in [1.54, 1.807) is 12.4 Å². The Labute approximate surface area is 187 Å². The summed E-state index contributed by atoms with van der Waals surface area (Å²) in [6.45, 7) is 2.38. The number of pyridine rings is 1. The second-order valence-electron chi connectivity index (χ2n) is 7.92. The van der Waals surface area contributed by atoms with Gasteiger partial charge in [-0.1, -0.05) is 30.4 Å². The van der Waals surface area contributed by atoms with Gasteiger partial charge in [-0.05, 0) is 29.7 Å². The summed E-state index contributed by atoms with van der Waals surface area (Å²) < 4.78 is 38.4. The van der Waals surface area contributed by atoms with Crippen LogP contribution in [0.5, 0.6) is 0 Å². The highest BCUT2D eigenvalue weighted by atomic mass is 32.1. The summed E-state index contributed by atoms with van der Waals surface area (Å²) >= 11 is 1.48. The quantitative estimate of drug-likeness (QED) is 0.572. The highest BCUT2D eigenvalue weighted by Gasteiger charge is 2.30. The molecule has 0 spiro atoms. The molecule has 1 amide bonds. The maximum absolute atomic E-state index is 12.8. The predicted octanol–water partition coefficient (Wildman–Crippen LogP) is 4.29. The predicted molar refractivity (Wildman–Crippen MR) is 119 cm³/mol. The first-order chi connectivity index (χ1) is 15.1. The number of hydrogen-bond donors (Lipinski definition) is 2. The third-order valence-corrected chi connectivity index (χ3v) is 6.73. The van der Waals surface area contributed by atoms with E-state index in [0.717, 1.165) is 38.8 Å². The van der Waals surface area contributed by atoms with Crippen LogP contribution in [0.1, 0.15) is 29.5 Å². The average molecular weight is 462 g/mol. The molecular formula is C22H22F3N5OS. The topological polar surface area (TPSA) is 84.1 Å². The van der Waals surface area contributed by atoms with Crippen molar-refractivity contribution >= 4 is 28.2 Å². The van der Waals surface area contributed by atoms with Crippen LogP contribution in [0.2, 0.25) is 0 Å². The molecule has 2 aromatic heterocycles. The highest BCUT2D eigenvalue weighted by Crippen LogP contribution is 2.34. The van der Waals surface area contributed by atoms with E-state index < -0.39 is 11.7 Å². The number of anilines is 2. The lowest BCUT2D eigenvalue weighted by Gasteiger charge is -2.26. The molecule has 0 fully saturated rings. The first-order valence-electron chi connectivity index (χ1n) is 10.0. The van der Waals surface area contributed by atoms with Gasteiger partial charge in [0.15, 0.2) is 5.13 Å². The molecule has 168 valence electrons. The summed E-state index contributed by atoms with van der Waals surface area (Å²) in [5, 5.41) is 3.48. The standard InChI is InChI=1S/C22H22F3N5OS/c1-12(13-3-5-16(6-4-13)22(23,24)25)17(26)11-30(2)21-28-10-18(32-21)15-7-14-8-19(31)29-20(14)27-9-15/h3-7,9-10,12,17H,8,11,26H2,1-2H3,(H,27,29,31)/t12-,17+/m0/s1. The van der Waals surface area contributed by atoms with Gasteiger partial charge >= 0.3 is 6.18 Å². The van der Waals surface area contributed by atoms with Crippen molar-refractivity contribution in [1.82, 2.24) is 9.97 Å². The van der Waals surface area contributed by atoms with E-state index in [-0.39, 0.29) is 17.9 Å². The Kier molecular flexibility index (Phi) is 5.91. The normalized spacial score (nSPS) is 15.2. The summed E-state index contributed by atoms with van der Waals surface area (Å²) in [6.07, 6.45) is -0.569. The van der Waals surface area contributed by atoms with Crippen LogP contribution in [-0.2, 0) is 17.4 Å². The van der Waals surface area contributed by atoms with Gasteiger partial charge in [0.25, 0.3) is 0 Å². The van der Waals surface area contributed by atoms with Gasteiger partial charge in [-0.15, -0.1) is 0 Å². The number of likely N-dealkylation sites (N-methyl/N-ethyl adjacent to an activating group) is 1. The van der Waals surface area contributed by atoms with E-state index in [2.05, 4.69) is 15.3 Å². The van der Waals surface area contributed by atoms with Crippen molar-refractivity contribution < 1.29 is 18.0 Å². The fourth-order valence-electron chi connectivity index (χ4n) is 3.59. The minimum absolute atomic E-state index is 0.0643. The number of aromatic nitrogens is 2. The molecule has 1 aliphatic heterocycles. The van der Waals surface area contributed by atoms with Crippen LogP contribution in [0.15, 0.2) is 42.7 Å². The molecule has 3 N–H and O–H groups in total. The van der Waals surface area contributed by atoms with Gasteiger partial charge in [-0.3, -0.25) is 4.79 Å². The third-order valence-electron chi connectivity index (χ3n) is 5.57. The summed E-state index contributed by atoms with van der Waals surface area (Å²) in [7, 11) is 1.88. The number of benzene rings is 1. The van der Waals surface area contributed by atoms with Crippen molar-refractivity contribution in [3.05, 3.63) is 59.4 Å². The molecule has 2 atom stereocenters. The molecule has 6 nitrogen and oxygen atoms in total. The molecule has 0 radical (unpaired) electrons. The zero-order chi connectivity index (χ0) is 23.0. The monoisotopic (exact) mass is 461 g/mol. The molecule has 0 aliphatic carbocycles. The molecule has 0 bridgehead atoms. The van der Waals surface area contributed by atoms with Gasteiger partial charge in [-0.25, -0.2) is 9.97 Å². The summed E-state index contributed by atoms with van der Waals surface area (Å²) in [6, 6.07) is 6.77. The van der Waals surface area contributed by atoms with Gasteiger partial charge in [0, 0.05) is 43.2 Å². The molecule has 4 rings (SSSR count). The van der Waals surface area contributed by atoms with Crippen molar-refractivity contribution in [3.8, 4) is 10.4 Å². The van der Waals surface area contributed by atoms with Crippen molar-refractivity contribution in [2.45, 2.75) is 31.5 Å². The molecule has 0 saturated carbocycles. The van der Waals surface area contributed by atoms with E-state index in [9.17, 15) is 18.0 Å². The summed E-state index contributed by atoms with van der Waals surface area (Å²) in [4.78, 5) is 23.2. The number of carbonyl (C=O) groups is 1. The van der Waals surface area contributed by atoms with E-state index in [0.29, 0.717) is 18.8 Å². The Morgan fingerprint density at radius 1 is 1.22 bits per heavy atom. The van der Waals surface area contributed by atoms with Gasteiger partial charge in [0.2, 0.25) is 5.91 Å². The number of carbonyl (C=O) groups excluding carboxylic acids is 1. The summed E-state index contributed by atoms with van der Waals surface area (Å²) in [5.74, 6) is 0.402. The van der Waals surface area contributed by atoms with Gasteiger partial charge in [0.1, 0.15) is 5.82 Å². The van der Waals surface area contributed by atoms with Crippen LogP contribution in [0.4, 0.5) is 24.1 Å². The number of hydrogen-bond acceptors (Lipinski definition) is 6. The number of thiazole rings is 1. The number of halogens is 3. The summed E-state index contributed by atoms with van der Waals surface area (Å²) in [5.41, 5.74) is 8.21. The lowest BCUT2D eigenvalue weighted by Crippen LogP contribution is -2.39. The van der Waals surface area contributed by atoms with Crippen LogP contribution in [0.25, 0.3) is 10.4 Å². The smallest absolute Gasteiger partial charge is 0.350 e. The van der Waals surface area contributed by atoms with Gasteiger partial charge < -0.3 is 16.0 Å². The molecule has 1 aromatic carbocycles. The number of rotatable bonds is 6. The average Bonchev–Trinajstić information content (AvgIpc) is 3.38. The van der Waals surface area contributed by atoms with Crippen molar-refractivity contribution in [1.29, 1.82) is 0 Å². The Bertz CT molecular complexity index is 1130. The van der Waals surface area contributed by atoms with Crippen molar-refractivity contribution in [2.75, 3.05) is 23.8 Å². The number of nitrogens with one attached hydrogen (secondary N) is 1. The molecule has 3 heterocycles. The molecule has 10 heteroatoms. The molecular weight excluding hydrogens is 439 g/mol. The molecule has 32 heavy (non-hydrogen) atoms. The van der Waals surface area contributed by atoms with E-state index >= 15 is 0 Å². The van der Waals surface area contributed by atoms with Crippen molar-refractivity contribution in [3.63, 3.8) is 0 Å². The fourth-order valence-corrected chi connectivity index (χ4v) is 4.46. The molecule has 0 unspecified atom stereocenters. The van der Waals surface area contributed by atoms with Gasteiger partial charge in [0.05, 0.1) is 16.9 Å². The minimum Gasteiger partial charge on any atom is -0.350 e. The number of amides is 1. The molecule has 3 aromatic rings. The Balaban J connectivity index is 1.42. The number of nitrogens with zero attached hydrogens (tertiary/aromatic N) is 3. The van der Waals surface area contributed by atoms with E-state index in [1.165, 1.54) is 23.5 Å². The largest absolute Gasteiger partial charge is 0.416 e. The Morgan fingerprint density at radius 2 is 1.94 bits per heavy atom. The van der Waals surface area contributed by atoms with Crippen LogP contribution < -0.4 is 16.0 Å². The van der Waals surface area contributed by atoms with Crippen molar-refractivity contribution in [2.24, 2.45) is 5.73 Å². The Hall–Kier alpha value is -2.98. The SMILES string of the molecule is C[C@@H](c1ccc(C(F)(F)F)cc1)[C@H](N)CN(C)c1ncc(-c2cnc3c(c2)CC(=O)N3)s1. The van der Waals surface area contributed by atoms with E-state index in [4.69, 9.17) is 5.73 Å². The first-order valence-corrected chi connectivity index (χ1v) is 10.8. The lowest BCUT2D eigenvalue weighted by molar-refractivity contribution is -0.137. The first kappa shape index (κ1) is 22.2. The van der Waals surface area contributed by atoms with Gasteiger partial charge in [-0.2, -0.15) is 13.2 Å².